The summed E-state index contributed by atoms with van der Waals surface area (Å²) < 4.78 is 5.98. The van der Waals surface area contributed by atoms with Crippen LogP contribution in [0.4, 0.5) is 5.69 Å². The second-order valence-electron chi connectivity index (χ2n) is 6.20. The summed E-state index contributed by atoms with van der Waals surface area (Å²) in [6.45, 7) is 0. The molecule has 3 aromatic carbocycles. The summed E-state index contributed by atoms with van der Waals surface area (Å²) in [4.78, 5) is 36.3. The molecule has 0 aliphatic heterocycles. The van der Waals surface area contributed by atoms with Crippen molar-refractivity contribution < 1.29 is 19.1 Å². The van der Waals surface area contributed by atoms with Gasteiger partial charge in [-0.15, -0.1) is 0 Å². The van der Waals surface area contributed by atoms with Crippen molar-refractivity contribution in [1.29, 1.82) is 0 Å². The standard InChI is InChI=1S/C22H14BrCl2N3O4/c23-16-8-2-1-7-15(16)22(31)32-14-6-3-5-13(11-14)12-26-28-21(30)20(29)27-18-10-4-9-17(24)19(18)25/h1-12H,(H,27,29)(H,28,30)/b26-12+. The zero-order chi connectivity index (χ0) is 23.1. The van der Waals surface area contributed by atoms with E-state index in [-0.39, 0.29) is 21.5 Å². The SMILES string of the molecule is O=C(N/N=C/c1cccc(OC(=O)c2ccccc2Br)c1)C(=O)Nc1cccc(Cl)c1Cl. The van der Waals surface area contributed by atoms with Crippen LogP contribution in [-0.2, 0) is 9.59 Å². The highest BCUT2D eigenvalue weighted by molar-refractivity contribution is 9.10. The van der Waals surface area contributed by atoms with E-state index in [1.165, 1.54) is 12.3 Å². The maximum atomic E-state index is 12.3. The van der Waals surface area contributed by atoms with Crippen LogP contribution in [0.5, 0.6) is 5.75 Å². The Morgan fingerprint density at radius 1 is 0.938 bits per heavy atom. The number of esters is 1. The van der Waals surface area contributed by atoms with Gasteiger partial charge in [-0.25, -0.2) is 10.2 Å². The lowest BCUT2D eigenvalue weighted by atomic mass is 10.2. The minimum atomic E-state index is -1.01. The Bertz CT molecular complexity index is 1220. The zero-order valence-electron chi connectivity index (χ0n) is 16.1. The number of rotatable bonds is 5. The molecule has 0 unspecified atom stereocenters. The number of hydrazone groups is 1. The Morgan fingerprint density at radius 2 is 1.69 bits per heavy atom. The van der Waals surface area contributed by atoms with Gasteiger partial charge >= 0.3 is 17.8 Å². The topological polar surface area (TPSA) is 96.9 Å². The van der Waals surface area contributed by atoms with E-state index in [0.29, 0.717) is 15.6 Å². The summed E-state index contributed by atoms with van der Waals surface area (Å²) in [5.41, 5.74) is 3.21. The number of halogens is 3. The van der Waals surface area contributed by atoms with Crippen LogP contribution >= 0.6 is 39.1 Å². The number of nitrogens with zero attached hydrogens (tertiary/aromatic N) is 1. The Hall–Kier alpha value is -3.20. The normalized spacial score (nSPS) is 10.6. The summed E-state index contributed by atoms with van der Waals surface area (Å²) in [5.74, 6) is -2.22. The molecule has 0 saturated heterocycles. The van der Waals surface area contributed by atoms with Crippen molar-refractivity contribution in [3.8, 4) is 5.75 Å². The molecule has 0 atom stereocenters. The number of carbonyl (C=O) groups is 3. The van der Waals surface area contributed by atoms with Gasteiger partial charge in [0.15, 0.2) is 0 Å². The van der Waals surface area contributed by atoms with Crippen LogP contribution in [0, 0.1) is 0 Å². The molecule has 0 heterocycles. The predicted octanol–water partition coefficient (Wildman–Crippen LogP) is 5.06. The molecule has 0 saturated carbocycles. The molecule has 3 rings (SSSR count). The highest BCUT2D eigenvalue weighted by atomic mass is 79.9. The monoisotopic (exact) mass is 533 g/mol. The van der Waals surface area contributed by atoms with Gasteiger partial charge in [-0.05, 0) is 57.9 Å². The van der Waals surface area contributed by atoms with Gasteiger partial charge in [0, 0.05) is 4.47 Å². The predicted molar refractivity (Wildman–Crippen MR) is 126 cm³/mol. The van der Waals surface area contributed by atoms with Crippen LogP contribution in [0.1, 0.15) is 15.9 Å². The molecule has 3 aromatic rings. The van der Waals surface area contributed by atoms with Crippen molar-refractivity contribution in [3.63, 3.8) is 0 Å². The maximum absolute atomic E-state index is 12.3. The largest absolute Gasteiger partial charge is 0.423 e. The first kappa shape index (κ1) is 23.5. The maximum Gasteiger partial charge on any atom is 0.344 e. The van der Waals surface area contributed by atoms with Gasteiger partial charge in [-0.1, -0.05) is 53.5 Å². The van der Waals surface area contributed by atoms with Gasteiger partial charge in [0.1, 0.15) is 5.75 Å². The fraction of sp³-hybridized carbons (Fsp3) is 0. The Kier molecular flexibility index (Phi) is 7.99. The second-order valence-corrected chi connectivity index (χ2v) is 7.84. The molecular weight excluding hydrogens is 521 g/mol. The third kappa shape index (κ3) is 6.16. The summed E-state index contributed by atoms with van der Waals surface area (Å²) in [5, 5.41) is 6.45. The molecule has 0 radical (unpaired) electrons. The van der Waals surface area contributed by atoms with Crippen LogP contribution in [0.3, 0.4) is 0 Å². The van der Waals surface area contributed by atoms with Gasteiger partial charge in [-0.3, -0.25) is 9.59 Å². The number of hydrogen-bond acceptors (Lipinski definition) is 5. The molecule has 0 spiro atoms. The fourth-order valence-corrected chi connectivity index (χ4v) is 3.24. The minimum Gasteiger partial charge on any atom is -0.423 e. The molecule has 10 heteroatoms. The van der Waals surface area contributed by atoms with Crippen molar-refractivity contribution in [2.75, 3.05) is 5.32 Å². The number of nitrogens with one attached hydrogen (secondary N) is 2. The third-order valence-corrected chi connectivity index (χ3v) is 5.46. The molecule has 0 aliphatic rings. The summed E-state index contributed by atoms with van der Waals surface area (Å²) >= 11 is 15.2. The number of amides is 2. The van der Waals surface area contributed by atoms with E-state index >= 15 is 0 Å². The van der Waals surface area contributed by atoms with E-state index in [9.17, 15) is 14.4 Å². The zero-order valence-corrected chi connectivity index (χ0v) is 19.2. The summed E-state index contributed by atoms with van der Waals surface area (Å²) in [6, 6.07) is 18.0. The number of hydrogen-bond donors (Lipinski definition) is 2. The average Bonchev–Trinajstić information content (AvgIpc) is 2.77. The van der Waals surface area contributed by atoms with Crippen LogP contribution in [0.2, 0.25) is 10.0 Å². The number of ether oxygens (including phenoxy) is 1. The fourth-order valence-electron chi connectivity index (χ4n) is 2.44. The minimum absolute atomic E-state index is 0.118. The molecule has 7 nitrogen and oxygen atoms in total. The first-order valence-electron chi connectivity index (χ1n) is 9.00. The first-order valence-corrected chi connectivity index (χ1v) is 10.5. The number of benzene rings is 3. The van der Waals surface area contributed by atoms with E-state index in [1.807, 2.05) is 0 Å². The van der Waals surface area contributed by atoms with Crippen LogP contribution in [0.25, 0.3) is 0 Å². The smallest absolute Gasteiger partial charge is 0.344 e. The second kappa shape index (κ2) is 10.9. The number of carbonyl (C=O) groups excluding carboxylic acids is 3. The van der Waals surface area contributed by atoms with Crippen molar-refractivity contribution in [2.24, 2.45) is 5.10 Å². The van der Waals surface area contributed by atoms with E-state index in [1.54, 1.807) is 60.7 Å². The van der Waals surface area contributed by atoms with E-state index < -0.39 is 17.8 Å². The van der Waals surface area contributed by atoms with Crippen LogP contribution in [-0.4, -0.2) is 24.0 Å². The van der Waals surface area contributed by atoms with Gasteiger partial charge in [0.25, 0.3) is 0 Å². The van der Waals surface area contributed by atoms with Crippen LogP contribution in [0.15, 0.2) is 76.3 Å². The van der Waals surface area contributed by atoms with Gasteiger partial charge in [0.2, 0.25) is 0 Å². The summed E-state index contributed by atoms with van der Waals surface area (Å²) in [7, 11) is 0. The molecule has 0 bridgehead atoms. The Balaban J connectivity index is 1.59. The molecular formula is C22H14BrCl2N3O4. The van der Waals surface area contributed by atoms with E-state index in [4.69, 9.17) is 27.9 Å². The molecule has 2 N–H and O–H groups in total. The molecule has 0 fully saturated rings. The van der Waals surface area contributed by atoms with E-state index in [0.717, 1.165) is 0 Å². The van der Waals surface area contributed by atoms with Crippen molar-refractivity contribution in [2.45, 2.75) is 0 Å². The first-order chi connectivity index (χ1) is 15.3. The van der Waals surface area contributed by atoms with Gasteiger partial charge in [-0.2, -0.15) is 5.10 Å². The molecule has 32 heavy (non-hydrogen) atoms. The lowest BCUT2D eigenvalue weighted by molar-refractivity contribution is -0.136. The molecule has 0 aliphatic carbocycles. The Labute approximate surface area is 201 Å². The van der Waals surface area contributed by atoms with Crippen molar-refractivity contribution in [1.82, 2.24) is 5.43 Å². The number of anilines is 1. The van der Waals surface area contributed by atoms with Crippen molar-refractivity contribution in [3.05, 3.63) is 92.4 Å². The molecule has 0 aromatic heterocycles. The quantitative estimate of drug-likeness (QED) is 0.157. The summed E-state index contributed by atoms with van der Waals surface area (Å²) in [6.07, 6.45) is 1.30. The highest BCUT2D eigenvalue weighted by Crippen LogP contribution is 2.29. The lowest BCUT2D eigenvalue weighted by Crippen LogP contribution is -2.32. The van der Waals surface area contributed by atoms with Gasteiger partial charge in [0.05, 0.1) is 27.5 Å². The Morgan fingerprint density at radius 3 is 2.47 bits per heavy atom. The molecule has 162 valence electrons. The average molecular weight is 535 g/mol. The van der Waals surface area contributed by atoms with Crippen molar-refractivity contribution >= 4 is 68.8 Å². The highest BCUT2D eigenvalue weighted by Gasteiger charge is 2.15. The lowest BCUT2D eigenvalue weighted by Gasteiger charge is -2.07. The third-order valence-electron chi connectivity index (χ3n) is 3.95. The van der Waals surface area contributed by atoms with Gasteiger partial charge < -0.3 is 10.1 Å². The molecule has 2 amide bonds. The van der Waals surface area contributed by atoms with Crippen LogP contribution < -0.4 is 15.5 Å². The van der Waals surface area contributed by atoms with E-state index in [2.05, 4.69) is 31.8 Å².